The summed E-state index contributed by atoms with van der Waals surface area (Å²) in [5, 5.41) is 0. The predicted octanol–water partition coefficient (Wildman–Crippen LogP) is 3.67. The van der Waals surface area contributed by atoms with Crippen LogP contribution >= 0.6 is 0 Å². The Morgan fingerprint density at radius 2 is 1.50 bits per heavy atom. The lowest BCUT2D eigenvalue weighted by molar-refractivity contribution is -0.123. The molecule has 14 heavy (non-hydrogen) atoms. The third kappa shape index (κ3) is 2.37. The fourth-order valence-electron chi connectivity index (χ4n) is 2.38. The van der Waals surface area contributed by atoms with E-state index < -0.39 is 0 Å². The van der Waals surface area contributed by atoms with E-state index in [-0.39, 0.29) is 16.7 Å². The molecule has 1 saturated carbocycles. The summed E-state index contributed by atoms with van der Waals surface area (Å²) < 4.78 is 0. The molecule has 0 bridgehead atoms. The van der Waals surface area contributed by atoms with Crippen LogP contribution in [0.4, 0.5) is 0 Å². The van der Waals surface area contributed by atoms with Crippen molar-refractivity contribution in [1.82, 2.24) is 0 Å². The fraction of sp³-hybridized carbons (Fsp3) is 0.923. The minimum Gasteiger partial charge on any atom is -0.299 e. The smallest absolute Gasteiger partial charge is 0.136 e. The molecule has 1 heteroatoms. The van der Waals surface area contributed by atoms with E-state index in [2.05, 4.69) is 41.5 Å². The predicted molar refractivity (Wildman–Crippen MR) is 60.1 cm³/mol. The van der Waals surface area contributed by atoms with Gasteiger partial charge in [0.2, 0.25) is 0 Å². The highest BCUT2D eigenvalue weighted by Gasteiger charge is 2.43. The molecule has 1 rings (SSSR count). The van der Waals surface area contributed by atoms with Gasteiger partial charge in [-0.05, 0) is 23.2 Å². The Morgan fingerprint density at radius 1 is 1.00 bits per heavy atom. The minimum absolute atomic E-state index is 0.150. The van der Waals surface area contributed by atoms with Gasteiger partial charge in [0, 0.05) is 12.3 Å². The molecule has 1 fully saturated rings. The Balaban J connectivity index is 2.75. The van der Waals surface area contributed by atoms with Crippen molar-refractivity contribution in [2.75, 3.05) is 0 Å². The molecule has 2 atom stereocenters. The molecule has 0 spiro atoms. The Bertz CT molecular complexity index is 227. The zero-order chi connectivity index (χ0) is 11.1. The SMILES string of the molecule is CC(C)(C)C1CC(=O)C(C(C)(C)C)C1. The average Bonchev–Trinajstić information content (AvgIpc) is 2.27. The second kappa shape index (κ2) is 3.36. The second-order valence-electron chi connectivity index (χ2n) is 6.89. The number of hydrogen-bond acceptors (Lipinski definition) is 1. The zero-order valence-electron chi connectivity index (χ0n) is 10.5. The summed E-state index contributed by atoms with van der Waals surface area (Å²) in [6, 6.07) is 0. The second-order valence-corrected chi connectivity index (χ2v) is 6.89. The molecule has 1 aliphatic rings. The number of Topliss-reactive ketones (excluding diaryl/α,β-unsaturated/α-hetero) is 1. The Labute approximate surface area is 88.3 Å². The van der Waals surface area contributed by atoms with Gasteiger partial charge in [0.15, 0.2) is 0 Å². The van der Waals surface area contributed by atoms with E-state index in [9.17, 15) is 4.79 Å². The summed E-state index contributed by atoms with van der Waals surface area (Å²) in [7, 11) is 0. The van der Waals surface area contributed by atoms with Crippen molar-refractivity contribution in [3.8, 4) is 0 Å². The summed E-state index contributed by atoms with van der Waals surface area (Å²) in [6.45, 7) is 13.3. The molecule has 0 aromatic heterocycles. The minimum atomic E-state index is 0.150. The van der Waals surface area contributed by atoms with E-state index in [1.807, 2.05) is 0 Å². The lowest BCUT2D eigenvalue weighted by atomic mass is 9.75. The Morgan fingerprint density at radius 3 is 1.71 bits per heavy atom. The number of ketones is 1. The number of hydrogen-bond donors (Lipinski definition) is 0. The van der Waals surface area contributed by atoms with Gasteiger partial charge in [-0.2, -0.15) is 0 Å². The molecule has 0 radical (unpaired) electrons. The van der Waals surface area contributed by atoms with Crippen LogP contribution in [-0.2, 0) is 4.79 Å². The molecular formula is C13H24O. The molecule has 0 saturated heterocycles. The van der Waals surface area contributed by atoms with Crippen molar-refractivity contribution < 1.29 is 4.79 Å². The maximum absolute atomic E-state index is 11.9. The molecule has 1 aliphatic carbocycles. The highest BCUT2D eigenvalue weighted by atomic mass is 16.1. The van der Waals surface area contributed by atoms with Crippen LogP contribution in [0.5, 0.6) is 0 Å². The van der Waals surface area contributed by atoms with Crippen molar-refractivity contribution in [1.29, 1.82) is 0 Å². The summed E-state index contributed by atoms with van der Waals surface area (Å²) in [5.74, 6) is 1.35. The lowest BCUT2D eigenvalue weighted by Gasteiger charge is -2.29. The van der Waals surface area contributed by atoms with Crippen molar-refractivity contribution in [3.05, 3.63) is 0 Å². The standard InChI is InChI=1S/C13H24O/c1-12(2,3)9-7-10(11(14)8-9)13(4,5)6/h9-10H,7-8H2,1-6H3. The molecule has 0 aromatic rings. The zero-order valence-corrected chi connectivity index (χ0v) is 10.5. The third-order valence-electron chi connectivity index (χ3n) is 3.63. The molecule has 0 amide bonds. The molecular weight excluding hydrogens is 172 g/mol. The molecule has 82 valence electrons. The van der Waals surface area contributed by atoms with Gasteiger partial charge in [0.05, 0.1) is 0 Å². The van der Waals surface area contributed by atoms with Crippen LogP contribution in [0.3, 0.4) is 0 Å². The number of carbonyl (C=O) groups is 1. The molecule has 0 heterocycles. The maximum Gasteiger partial charge on any atom is 0.136 e. The summed E-state index contributed by atoms with van der Waals surface area (Å²) >= 11 is 0. The Kier molecular flexibility index (Phi) is 2.82. The summed E-state index contributed by atoms with van der Waals surface area (Å²) in [6.07, 6.45) is 1.89. The van der Waals surface area contributed by atoms with Crippen LogP contribution in [0.1, 0.15) is 54.4 Å². The van der Waals surface area contributed by atoms with Crippen molar-refractivity contribution in [3.63, 3.8) is 0 Å². The van der Waals surface area contributed by atoms with Gasteiger partial charge in [0.25, 0.3) is 0 Å². The van der Waals surface area contributed by atoms with E-state index in [1.165, 1.54) is 0 Å². The molecule has 0 aromatic carbocycles. The molecule has 0 N–H and O–H groups in total. The van der Waals surface area contributed by atoms with Crippen LogP contribution in [-0.4, -0.2) is 5.78 Å². The van der Waals surface area contributed by atoms with E-state index in [0.29, 0.717) is 11.7 Å². The van der Waals surface area contributed by atoms with Gasteiger partial charge in [-0.15, -0.1) is 0 Å². The third-order valence-corrected chi connectivity index (χ3v) is 3.63. The van der Waals surface area contributed by atoms with Gasteiger partial charge >= 0.3 is 0 Å². The lowest BCUT2D eigenvalue weighted by Crippen LogP contribution is -2.24. The Hall–Kier alpha value is -0.330. The van der Waals surface area contributed by atoms with Crippen molar-refractivity contribution in [2.24, 2.45) is 22.7 Å². The molecule has 0 aliphatic heterocycles. The summed E-state index contributed by atoms with van der Waals surface area (Å²) in [5.41, 5.74) is 0.437. The van der Waals surface area contributed by atoms with E-state index >= 15 is 0 Å². The maximum atomic E-state index is 11.9. The van der Waals surface area contributed by atoms with E-state index in [1.54, 1.807) is 0 Å². The van der Waals surface area contributed by atoms with Gasteiger partial charge in [0.1, 0.15) is 5.78 Å². The highest BCUT2D eigenvalue weighted by molar-refractivity contribution is 5.84. The highest BCUT2D eigenvalue weighted by Crippen LogP contribution is 2.46. The first-order valence-corrected chi connectivity index (χ1v) is 5.65. The summed E-state index contributed by atoms with van der Waals surface area (Å²) in [4.78, 5) is 11.9. The van der Waals surface area contributed by atoms with Crippen LogP contribution in [0.15, 0.2) is 0 Å². The topological polar surface area (TPSA) is 17.1 Å². The van der Waals surface area contributed by atoms with Gasteiger partial charge in [-0.25, -0.2) is 0 Å². The first-order valence-electron chi connectivity index (χ1n) is 5.65. The van der Waals surface area contributed by atoms with Crippen LogP contribution < -0.4 is 0 Å². The first-order chi connectivity index (χ1) is 6.12. The van der Waals surface area contributed by atoms with Crippen molar-refractivity contribution in [2.45, 2.75) is 54.4 Å². The van der Waals surface area contributed by atoms with Crippen LogP contribution in [0.25, 0.3) is 0 Å². The van der Waals surface area contributed by atoms with Crippen LogP contribution in [0, 0.1) is 22.7 Å². The van der Waals surface area contributed by atoms with Gasteiger partial charge in [-0.3, -0.25) is 4.79 Å². The monoisotopic (exact) mass is 196 g/mol. The number of rotatable bonds is 0. The van der Waals surface area contributed by atoms with Gasteiger partial charge in [-0.1, -0.05) is 41.5 Å². The van der Waals surface area contributed by atoms with Gasteiger partial charge < -0.3 is 0 Å². The number of carbonyl (C=O) groups excluding carboxylic acids is 1. The quantitative estimate of drug-likeness (QED) is 0.577. The van der Waals surface area contributed by atoms with E-state index in [0.717, 1.165) is 12.8 Å². The molecule has 2 unspecified atom stereocenters. The van der Waals surface area contributed by atoms with E-state index in [4.69, 9.17) is 0 Å². The largest absolute Gasteiger partial charge is 0.299 e. The van der Waals surface area contributed by atoms with Crippen LogP contribution in [0.2, 0.25) is 0 Å². The van der Waals surface area contributed by atoms with Crippen molar-refractivity contribution >= 4 is 5.78 Å². The normalized spacial score (nSPS) is 29.7. The molecule has 1 nitrogen and oxygen atoms in total. The average molecular weight is 196 g/mol. The first kappa shape index (κ1) is 11.7. The fourth-order valence-corrected chi connectivity index (χ4v) is 2.38.